The van der Waals surface area contributed by atoms with Crippen molar-refractivity contribution in [1.29, 1.82) is 0 Å². The first-order valence-corrected chi connectivity index (χ1v) is 6.12. The second kappa shape index (κ2) is 4.77. The van der Waals surface area contributed by atoms with E-state index in [-0.39, 0.29) is 5.97 Å². The second-order valence-corrected chi connectivity index (χ2v) is 4.70. The summed E-state index contributed by atoms with van der Waals surface area (Å²) in [4.78, 5) is 13.6. The summed E-state index contributed by atoms with van der Waals surface area (Å²) in [5.74, 6) is -0.185. The Morgan fingerprint density at radius 3 is 3.33 bits per heavy atom. The van der Waals surface area contributed by atoms with Crippen molar-refractivity contribution in [3.8, 4) is 0 Å². The number of carbonyl (C=O) groups excluding carboxylic acids is 1. The maximum absolute atomic E-state index is 11.5. The van der Waals surface area contributed by atoms with Gasteiger partial charge in [0.15, 0.2) is 0 Å². The van der Waals surface area contributed by atoms with Crippen LogP contribution in [0.3, 0.4) is 0 Å². The van der Waals surface area contributed by atoms with Crippen LogP contribution in [0.15, 0.2) is 6.07 Å². The number of thiophene rings is 1. The molecule has 4 heteroatoms. The van der Waals surface area contributed by atoms with Gasteiger partial charge in [-0.15, -0.1) is 11.3 Å². The number of hydrogen-bond donors (Lipinski definition) is 1. The number of rotatable bonds is 2. The first kappa shape index (κ1) is 10.6. The van der Waals surface area contributed by atoms with Gasteiger partial charge in [-0.3, -0.25) is 0 Å². The van der Waals surface area contributed by atoms with Crippen LogP contribution in [0.1, 0.15) is 33.5 Å². The highest BCUT2D eigenvalue weighted by molar-refractivity contribution is 7.14. The Kier molecular flexibility index (Phi) is 3.38. The topological polar surface area (TPSA) is 38.3 Å². The van der Waals surface area contributed by atoms with Gasteiger partial charge in [-0.2, -0.15) is 0 Å². The van der Waals surface area contributed by atoms with Crippen LogP contribution >= 0.6 is 11.3 Å². The summed E-state index contributed by atoms with van der Waals surface area (Å²) >= 11 is 1.58. The van der Waals surface area contributed by atoms with E-state index in [2.05, 4.69) is 5.32 Å². The molecular weight excluding hydrogens is 210 g/mol. The zero-order valence-electron chi connectivity index (χ0n) is 8.84. The standard InChI is InChI=1S/C11H15NO2S/c1-2-14-11(13)10-6-8-7-12-5-3-4-9(8)15-10/h6,12H,2-5,7H2,1H3. The van der Waals surface area contributed by atoms with E-state index in [0.717, 1.165) is 30.8 Å². The SMILES string of the molecule is CCOC(=O)c1cc2c(s1)CCCNC2. The Balaban J connectivity index is 2.18. The van der Waals surface area contributed by atoms with Gasteiger partial charge >= 0.3 is 5.97 Å². The Morgan fingerprint density at radius 2 is 2.53 bits per heavy atom. The molecule has 0 fully saturated rings. The van der Waals surface area contributed by atoms with Crippen molar-refractivity contribution in [2.24, 2.45) is 0 Å². The van der Waals surface area contributed by atoms with E-state index >= 15 is 0 Å². The van der Waals surface area contributed by atoms with Crippen molar-refractivity contribution in [2.75, 3.05) is 13.2 Å². The zero-order chi connectivity index (χ0) is 10.7. The molecule has 0 aromatic carbocycles. The van der Waals surface area contributed by atoms with E-state index in [1.807, 2.05) is 13.0 Å². The number of hydrogen-bond acceptors (Lipinski definition) is 4. The monoisotopic (exact) mass is 225 g/mol. The van der Waals surface area contributed by atoms with Crippen LogP contribution in [-0.2, 0) is 17.7 Å². The van der Waals surface area contributed by atoms with Gasteiger partial charge in [0.25, 0.3) is 0 Å². The molecule has 0 aliphatic carbocycles. The summed E-state index contributed by atoms with van der Waals surface area (Å²) in [5, 5.41) is 3.34. The highest BCUT2D eigenvalue weighted by Gasteiger charge is 2.16. The molecule has 1 aliphatic rings. The van der Waals surface area contributed by atoms with Gasteiger partial charge in [0, 0.05) is 11.4 Å². The van der Waals surface area contributed by atoms with Crippen molar-refractivity contribution in [3.05, 3.63) is 21.4 Å². The molecule has 1 aromatic heterocycles. The maximum atomic E-state index is 11.5. The second-order valence-electron chi connectivity index (χ2n) is 3.56. The number of nitrogens with one attached hydrogen (secondary N) is 1. The summed E-state index contributed by atoms with van der Waals surface area (Å²) in [6.07, 6.45) is 2.22. The number of fused-ring (bicyclic) bond motifs is 1. The minimum absolute atomic E-state index is 0.185. The smallest absolute Gasteiger partial charge is 0.348 e. The van der Waals surface area contributed by atoms with Gasteiger partial charge in [0.2, 0.25) is 0 Å². The van der Waals surface area contributed by atoms with Crippen LogP contribution in [0.25, 0.3) is 0 Å². The predicted octanol–water partition coefficient (Wildman–Crippen LogP) is 1.96. The van der Waals surface area contributed by atoms with E-state index < -0.39 is 0 Å². The third-order valence-electron chi connectivity index (χ3n) is 2.45. The zero-order valence-corrected chi connectivity index (χ0v) is 9.65. The fraction of sp³-hybridized carbons (Fsp3) is 0.545. The van der Waals surface area contributed by atoms with E-state index in [0.29, 0.717) is 6.61 Å². The molecule has 0 saturated heterocycles. The molecule has 0 atom stereocenters. The Labute approximate surface area is 93.4 Å². The van der Waals surface area contributed by atoms with Crippen LogP contribution in [-0.4, -0.2) is 19.1 Å². The number of aryl methyl sites for hydroxylation is 1. The number of carbonyl (C=O) groups is 1. The maximum Gasteiger partial charge on any atom is 0.348 e. The number of ether oxygens (including phenoxy) is 1. The molecule has 0 amide bonds. The van der Waals surface area contributed by atoms with Crippen molar-refractivity contribution < 1.29 is 9.53 Å². The van der Waals surface area contributed by atoms with Gasteiger partial charge in [0.1, 0.15) is 4.88 Å². The third kappa shape index (κ3) is 2.38. The molecule has 1 aliphatic heterocycles. The van der Waals surface area contributed by atoms with Crippen molar-refractivity contribution in [2.45, 2.75) is 26.3 Å². The summed E-state index contributed by atoms with van der Waals surface area (Å²) < 4.78 is 4.99. The molecular formula is C11H15NO2S. The first-order valence-electron chi connectivity index (χ1n) is 5.30. The van der Waals surface area contributed by atoms with Crippen LogP contribution in [0.5, 0.6) is 0 Å². The summed E-state index contributed by atoms with van der Waals surface area (Å²) in [6, 6.07) is 1.97. The van der Waals surface area contributed by atoms with Gasteiger partial charge in [0.05, 0.1) is 6.61 Å². The molecule has 3 nitrogen and oxygen atoms in total. The summed E-state index contributed by atoms with van der Waals surface area (Å²) in [6.45, 7) is 4.22. The van der Waals surface area contributed by atoms with Crippen LogP contribution < -0.4 is 5.32 Å². The molecule has 1 aromatic rings. The lowest BCUT2D eigenvalue weighted by atomic mass is 10.2. The molecule has 0 bridgehead atoms. The fourth-order valence-electron chi connectivity index (χ4n) is 1.73. The molecule has 0 saturated carbocycles. The van der Waals surface area contributed by atoms with Gasteiger partial charge < -0.3 is 10.1 Å². The Bertz CT molecular complexity index is 336. The molecule has 1 N–H and O–H groups in total. The van der Waals surface area contributed by atoms with E-state index in [1.165, 1.54) is 10.4 Å². The molecule has 0 spiro atoms. The molecule has 0 radical (unpaired) electrons. The van der Waals surface area contributed by atoms with E-state index in [9.17, 15) is 4.79 Å². The molecule has 0 unspecified atom stereocenters. The summed E-state index contributed by atoms with van der Waals surface area (Å²) in [5.41, 5.74) is 1.26. The first-order chi connectivity index (χ1) is 7.31. The lowest BCUT2D eigenvalue weighted by molar-refractivity contribution is 0.0532. The van der Waals surface area contributed by atoms with Crippen LogP contribution in [0, 0.1) is 0 Å². The van der Waals surface area contributed by atoms with Gasteiger partial charge in [-0.1, -0.05) is 0 Å². The largest absolute Gasteiger partial charge is 0.462 e. The quantitative estimate of drug-likeness (QED) is 0.782. The average Bonchev–Trinajstić information content (AvgIpc) is 2.51. The van der Waals surface area contributed by atoms with E-state index in [4.69, 9.17) is 4.74 Å². The van der Waals surface area contributed by atoms with Crippen LogP contribution in [0.2, 0.25) is 0 Å². The summed E-state index contributed by atoms with van der Waals surface area (Å²) in [7, 11) is 0. The minimum atomic E-state index is -0.185. The lowest BCUT2D eigenvalue weighted by Gasteiger charge is -1.98. The molecule has 2 rings (SSSR count). The molecule has 2 heterocycles. The third-order valence-corrected chi connectivity index (χ3v) is 3.66. The normalized spacial score (nSPS) is 15.5. The Hall–Kier alpha value is -0.870. The van der Waals surface area contributed by atoms with Crippen molar-refractivity contribution >= 4 is 17.3 Å². The van der Waals surface area contributed by atoms with Crippen molar-refractivity contribution in [3.63, 3.8) is 0 Å². The van der Waals surface area contributed by atoms with Gasteiger partial charge in [-0.25, -0.2) is 4.79 Å². The minimum Gasteiger partial charge on any atom is -0.462 e. The van der Waals surface area contributed by atoms with Crippen molar-refractivity contribution in [1.82, 2.24) is 5.32 Å². The Morgan fingerprint density at radius 1 is 1.67 bits per heavy atom. The highest BCUT2D eigenvalue weighted by Crippen LogP contribution is 2.26. The van der Waals surface area contributed by atoms with Crippen LogP contribution in [0.4, 0.5) is 0 Å². The lowest BCUT2D eigenvalue weighted by Crippen LogP contribution is -2.11. The average molecular weight is 225 g/mol. The van der Waals surface area contributed by atoms with Gasteiger partial charge in [-0.05, 0) is 37.9 Å². The fourth-order valence-corrected chi connectivity index (χ4v) is 2.84. The number of esters is 1. The van der Waals surface area contributed by atoms with E-state index in [1.54, 1.807) is 11.3 Å². The predicted molar refractivity (Wildman–Crippen MR) is 60.3 cm³/mol. The molecule has 15 heavy (non-hydrogen) atoms. The highest BCUT2D eigenvalue weighted by atomic mass is 32.1. The molecule has 82 valence electrons.